The molecule has 0 atom stereocenters. The van der Waals surface area contributed by atoms with Gasteiger partial charge in [-0.25, -0.2) is 4.98 Å². The first-order valence-corrected chi connectivity index (χ1v) is 9.97. The number of hydrogen-bond donors (Lipinski definition) is 1. The highest BCUT2D eigenvalue weighted by atomic mass is 16.1. The highest BCUT2D eigenvalue weighted by molar-refractivity contribution is 6.06. The van der Waals surface area contributed by atoms with Crippen molar-refractivity contribution in [3.05, 3.63) is 65.0 Å². The average Bonchev–Trinajstić information content (AvgIpc) is 2.72. The first-order valence-electron chi connectivity index (χ1n) is 9.97. The van der Waals surface area contributed by atoms with Crippen molar-refractivity contribution in [2.45, 2.75) is 39.7 Å². The molecule has 1 aromatic carbocycles. The zero-order valence-electron chi connectivity index (χ0n) is 16.5. The van der Waals surface area contributed by atoms with Crippen LogP contribution in [0.4, 0.5) is 5.82 Å². The van der Waals surface area contributed by atoms with Crippen LogP contribution in [-0.4, -0.2) is 29.0 Å². The van der Waals surface area contributed by atoms with Crippen molar-refractivity contribution in [2.24, 2.45) is 0 Å². The summed E-state index contributed by atoms with van der Waals surface area (Å²) in [6.07, 6.45) is 5.51. The van der Waals surface area contributed by atoms with Crippen molar-refractivity contribution in [2.75, 3.05) is 18.0 Å². The van der Waals surface area contributed by atoms with Gasteiger partial charge in [-0.3, -0.25) is 9.78 Å². The van der Waals surface area contributed by atoms with E-state index in [0.717, 1.165) is 46.6 Å². The molecular weight excluding hydrogens is 348 g/mol. The molecule has 1 amide bonds. The van der Waals surface area contributed by atoms with Crippen molar-refractivity contribution in [3.63, 3.8) is 0 Å². The minimum atomic E-state index is -0.0745. The molecule has 3 aromatic rings. The van der Waals surface area contributed by atoms with E-state index in [1.54, 1.807) is 0 Å². The Kier molecular flexibility index (Phi) is 5.24. The standard InChI is InChI=1S/C23H26N4O/c1-16-8-9-21-19(13-16)20(14-17(2)26-21)23(28)25-15-18-7-6-10-24-22(18)27-11-4-3-5-12-27/h6-10,13-14H,3-5,11-12,15H2,1-2H3,(H,25,28). The summed E-state index contributed by atoms with van der Waals surface area (Å²) in [4.78, 5) is 24.5. The normalized spacial score (nSPS) is 14.3. The maximum absolute atomic E-state index is 13.0. The predicted octanol–water partition coefficient (Wildman–Crippen LogP) is 4.17. The number of piperidine rings is 1. The van der Waals surface area contributed by atoms with Crippen LogP contribution in [0.3, 0.4) is 0 Å². The Balaban J connectivity index is 1.57. The SMILES string of the molecule is Cc1ccc2nc(C)cc(C(=O)NCc3cccnc3N3CCCCC3)c2c1. The van der Waals surface area contributed by atoms with Crippen molar-refractivity contribution >= 4 is 22.6 Å². The number of rotatable bonds is 4. The fraction of sp³-hybridized carbons (Fsp3) is 0.348. The van der Waals surface area contributed by atoms with Gasteiger partial charge in [0.05, 0.1) is 11.1 Å². The summed E-state index contributed by atoms with van der Waals surface area (Å²) < 4.78 is 0. The third-order valence-electron chi connectivity index (χ3n) is 5.30. The lowest BCUT2D eigenvalue weighted by Gasteiger charge is -2.29. The van der Waals surface area contributed by atoms with E-state index in [4.69, 9.17) is 0 Å². The molecule has 1 aliphatic rings. The van der Waals surface area contributed by atoms with E-state index in [2.05, 4.69) is 26.3 Å². The number of nitrogens with zero attached hydrogens (tertiary/aromatic N) is 3. The average molecular weight is 374 g/mol. The summed E-state index contributed by atoms with van der Waals surface area (Å²) in [5.41, 5.74) is 4.55. The van der Waals surface area contributed by atoms with E-state index in [1.165, 1.54) is 19.3 Å². The zero-order chi connectivity index (χ0) is 19.5. The van der Waals surface area contributed by atoms with Crippen molar-refractivity contribution in [1.82, 2.24) is 15.3 Å². The van der Waals surface area contributed by atoms with Crippen LogP contribution in [0.5, 0.6) is 0 Å². The zero-order valence-corrected chi connectivity index (χ0v) is 16.5. The number of carbonyl (C=O) groups is 1. The molecule has 5 heteroatoms. The molecule has 1 fully saturated rings. The number of hydrogen-bond acceptors (Lipinski definition) is 4. The number of anilines is 1. The van der Waals surface area contributed by atoms with Gasteiger partial charge < -0.3 is 10.2 Å². The van der Waals surface area contributed by atoms with E-state index >= 15 is 0 Å². The Bertz CT molecular complexity index is 1010. The minimum absolute atomic E-state index is 0.0745. The molecule has 0 unspecified atom stereocenters. The first kappa shape index (κ1) is 18.4. The summed E-state index contributed by atoms with van der Waals surface area (Å²) in [5.74, 6) is 0.920. The predicted molar refractivity (Wildman–Crippen MR) is 113 cm³/mol. The molecule has 0 bridgehead atoms. The Morgan fingerprint density at radius 1 is 1.11 bits per heavy atom. The molecule has 1 saturated heterocycles. The van der Waals surface area contributed by atoms with Crippen LogP contribution in [0.15, 0.2) is 42.6 Å². The van der Waals surface area contributed by atoms with E-state index in [9.17, 15) is 4.79 Å². The van der Waals surface area contributed by atoms with Crippen LogP contribution < -0.4 is 10.2 Å². The lowest BCUT2D eigenvalue weighted by atomic mass is 10.0. The highest BCUT2D eigenvalue weighted by Gasteiger charge is 2.17. The van der Waals surface area contributed by atoms with Crippen LogP contribution in [0.1, 0.15) is 46.4 Å². The van der Waals surface area contributed by atoms with Crippen LogP contribution >= 0.6 is 0 Å². The first-order chi connectivity index (χ1) is 13.6. The van der Waals surface area contributed by atoms with Gasteiger partial charge in [0.15, 0.2) is 0 Å². The summed E-state index contributed by atoms with van der Waals surface area (Å²) in [7, 11) is 0. The fourth-order valence-corrected chi connectivity index (χ4v) is 3.89. The summed E-state index contributed by atoms with van der Waals surface area (Å²) >= 11 is 0. The third kappa shape index (κ3) is 3.84. The molecular formula is C23H26N4O. The number of pyridine rings is 2. The lowest BCUT2D eigenvalue weighted by molar-refractivity contribution is 0.0952. The molecule has 0 saturated carbocycles. The van der Waals surface area contributed by atoms with Gasteiger partial charge in [-0.1, -0.05) is 17.7 Å². The molecule has 28 heavy (non-hydrogen) atoms. The van der Waals surface area contributed by atoms with Gasteiger partial charge >= 0.3 is 0 Å². The second kappa shape index (κ2) is 7.97. The maximum Gasteiger partial charge on any atom is 0.252 e. The third-order valence-corrected chi connectivity index (χ3v) is 5.30. The second-order valence-electron chi connectivity index (χ2n) is 7.55. The number of aryl methyl sites for hydroxylation is 2. The number of amides is 1. The molecule has 4 rings (SSSR count). The van der Waals surface area contributed by atoms with Crippen LogP contribution in [0.25, 0.3) is 10.9 Å². The van der Waals surface area contributed by atoms with Crippen LogP contribution in [0.2, 0.25) is 0 Å². The monoisotopic (exact) mass is 374 g/mol. The van der Waals surface area contributed by atoms with Gasteiger partial charge in [-0.15, -0.1) is 0 Å². The molecule has 1 aliphatic heterocycles. The Morgan fingerprint density at radius 2 is 1.93 bits per heavy atom. The lowest BCUT2D eigenvalue weighted by Crippen LogP contribution is -2.32. The molecule has 3 heterocycles. The van der Waals surface area contributed by atoms with E-state index < -0.39 is 0 Å². The van der Waals surface area contributed by atoms with Crippen LogP contribution in [0, 0.1) is 13.8 Å². The largest absolute Gasteiger partial charge is 0.356 e. The molecule has 0 spiro atoms. The van der Waals surface area contributed by atoms with Gasteiger partial charge in [0.25, 0.3) is 5.91 Å². The number of nitrogens with one attached hydrogen (secondary N) is 1. The molecule has 2 aromatic heterocycles. The van der Waals surface area contributed by atoms with Crippen LogP contribution in [-0.2, 0) is 6.54 Å². The molecule has 144 valence electrons. The number of benzene rings is 1. The maximum atomic E-state index is 13.0. The minimum Gasteiger partial charge on any atom is -0.356 e. The number of fused-ring (bicyclic) bond motifs is 1. The van der Waals surface area contributed by atoms with Gasteiger partial charge in [-0.2, -0.15) is 0 Å². The summed E-state index contributed by atoms with van der Waals surface area (Å²) in [5, 5.41) is 3.99. The van der Waals surface area contributed by atoms with E-state index in [-0.39, 0.29) is 5.91 Å². The highest BCUT2D eigenvalue weighted by Crippen LogP contribution is 2.23. The van der Waals surface area contributed by atoms with Gasteiger partial charge in [0.2, 0.25) is 0 Å². The van der Waals surface area contributed by atoms with Crippen molar-refractivity contribution in [3.8, 4) is 0 Å². The molecule has 0 aliphatic carbocycles. The molecule has 0 radical (unpaired) electrons. The number of aromatic nitrogens is 2. The summed E-state index contributed by atoms with van der Waals surface area (Å²) in [6.45, 7) is 6.48. The van der Waals surface area contributed by atoms with E-state index in [1.807, 2.05) is 50.4 Å². The Labute approximate surface area is 165 Å². The van der Waals surface area contributed by atoms with Crippen molar-refractivity contribution in [1.29, 1.82) is 0 Å². The second-order valence-corrected chi connectivity index (χ2v) is 7.55. The topological polar surface area (TPSA) is 58.1 Å². The number of carbonyl (C=O) groups excluding carboxylic acids is 1. The quantitative estimate of drug-likeness (QED) is 0.745. The molecule has 1 N–H and O–H groups in total. The molecule has 5 nitrogen and oxygen atoms in total. The van der Waals surface area contributed by atoms with Crippen molar-refractivity contribution < 1.29 is 4.79 Å². The Hall–Kier alpha value is -2.95. The van der Waals surface area contributed by atoms with Gasteiger partial charge in [-0.05, 0) is 57.4 Å². The Morgan fingerprint density at radius 3 is 2.75 bits per heavy atom. The fourth-order valence-electron chi connectivity index (χ4n) is 3.89. The smallest absolute Gasteiger partial charge is 0.252 e. The van der Waals surface area contributed by atoms with Gasteiger partial charge in [0.1, 0.15) is 5.82 Å². The van der Waals surface area contributed by atoms with E-state index in [0.29, 0.717) is 12.1 Å². The summed E-state index contributed by atoms with van der Waals surface area (Å²) in [6, 6.07) is 11.9. The van der Waals surface area contributed by atoms with Gasteiger partial charge in [0, 0.05) is 42.5 Å².